The summed E-state index contributed by atoms with van der Waals surface area (Å²) >= 11 is 6.13. The van der Waals surface area contributed by atoms with Crippen LogP contribution in [0.4, 0.5) is 5.69 Å². The van der Waals surface area contributed by atoms with Crippen molar-refractivity contribution >= 4 is 27.3 Å². The molecule has 2 aromatic rings. The molecule has 2 aliphatic rings. The highest BCUT2D eigenvalue weighted by atomic mass is 35.5. The van der Waals surface area contributed by atoms with E-state index < -0.39 is 15.3 Å². The predicted octanol–water partition coefficient (Wildman–Crippen LogP) is 3.85. The quantitative estimate of drug-likeness (QED) is 0.538. The molecule has 2 fully saturated rings. The summed E-state index contributed by atoms with van der Waals surface area (Å²) in [5, 5.41) is 4.53. The third-order valence-electron chi connectivity index (χ3n) is 6.70. The highest BCUT2D eigenvalue weighted by molar-refractivity contribution is 7.89. The summed E-state index contributed by atoms with van der Waals surface area (Å²) in [6, 6.07) is 6.99. The van der Waals surface area contributed by atoms with Crippen molar-refractivity contribution in [2.75, 3.05) is 31.1 Å². The van der Waals surface area contributed by atoms with E-state index in [1.165, 1.54) is 4.68 Å². The van der Waals surface area contributed by atoms with Gasteiger partial charge in [-0.3, -0.25) is 4.79 Å². The van der Waals surface area contributed by atoms with E-state index >= 15 is 0 Å². The van der Waals surface area contributed by atoms with E-state index in [0.29, 0.717) is 49.0 Å². The largest absolute Gasteiger partial charge is 0.483 e. The number of benzene rings is 1. The van der Waals surface area contributed by atoms with E-state index in [1.54, 1.807) is 41.7 Å². The van der Waals surface area contributed by atoms with Crippen LogP contribution in [0.5, 0.6) is 5.75 Å². The molecule has 4 rings (SSSR count). The summed E-state index contributed by atoms with van der Waals surface area (Å²) in [7, 11) is -3.33. The number of hydrogen-bond donors (Lipinski definition) is 0. The molecule has 1 saturated heterocycles. The molecule has 8 nitrogen and oxygen atoms in total. The van der Waals surface area contributed by atoms with Crippen LogP contribution in [-0.4, -0.2) is 60.0 Å². The lowest BCUT2D eigenvalue weighted by molar-refractivity contribution is 0.205. The smallest absolute Gasteiger partial charge is 0.316 e. The van der Waals surface area contributed by atoms with Gasteiger partial charge in [0.1, 0.15) is 5.69 Å². The topological polar surface area (TPSA) is 84.7 Å². The van der Waals surface area contributed by atoms with Crippen molar-refractivity contribution in [3.05, 3.63) is 45.8 Å². The second-order valence-corrected chi connectivity index (χ2v) is 11.9. The number of sulfonamides is 1. The average molecular weight is 509 g/mol. The second-order valence-electron chi connectivity index (χ2n) is 9.11. The lowest BCUT2D eigenvalue weighted by Gasteiger charge is -2.37. The maximum absolute atomic E-state index is 13.5. The van der Waals surface area contributed by atoms with Crippen LogP contribution in [0.1, 0.15) is 52.4 Å². The highest BCUT2D eigenvalue weighted by Crippen LogP contribution is 2.31. The Morgan fingerprint density at radius 1 is 1.18 bits per heavy atom. The zero-order valence-electron chi connectivity index (χ0n) is 19.8. The monoisotopic (exact) mass is 508 g/mol. The molecular weight excluding hydrogens is 476 g/mol. The number of piperazine rings is 1. The Bertz CT molecular complexity index is 1160. The molecule has 0 bridgehead atoms. The molecule has 1 aliphatic carbocycles. The number of aromatic nitrogens is 2. The normalized spacial score (nSPS) is 18.9. The molecule has 186 valence electrons. The Hall–Kier alpha value is -2.10. The fourth-order valence-electron chi connectivity index (χ4n) is 4.72. The lowest BCUT2D eigenvalue weighted by Crippen LogP contribution is -2.51. The van der Waals surface area contributed by atoms with Crippen molar-refractivity contribution in [1.82, 2.24) is 14.1 Å². The fourth-order valence-corrected chi connectivity index (χ4v) is 6.62. The lowest BCUT2D eigenvalue weighted by atomic mass is 10.2. The van der Waals surface area contributed by atoms with E-state index in [4.69, 9.17) is 16.3 Å². The van der Waals surface area contributed by atoms with Gasteiger partial charge in [-0.05, 0) is 57.2 Å². The van der Waals surface area contributed by atoms with Gasteiger partial charge in [0.15, 0.2) is 0 Å². The molecule has 1 unspecified atom stereocenters. The number of halogens is 1. The van der Waals surface area contributed by atoms with Gasteiger partial charge in [-0.25, -0.2) is 8.42 Å². The molecule has 0 amide bonds. The minimum absolute atomic E-state index is 0.00165. The predicted molar refractivity (Wildman–Crippen MR) is 135 cm³/mol. The fraction of sp³-hybridized carbons (Fsp3) is 0.583. The summed E-state index contributed by atoms with van der Waals surface area (Å²) in [6.45, 7) is 5.46. The number of ether oxygens (including phenoxy) is 1. The summed E-state index contributed by atoms with van der Waals surface area (Å²) < 4.78 is 35.0. The summed E-state index contributed by atoms with van der Waals surface area (Å²) in [4.78, 5) is 15.5. The highest BCUT2D eigenvalue weighted by Gasteiger charge is 2.33. The third-order valence-corrected chi connectivity index (χ3v) is 9.27. The summed E-state index contributed by atoms with van der Waals surface area (Å²) in [5.74, 6) is 0.275. The van der Waals surface area contributed by atoms with Crippen molar-refractivity contribution in [3.8, 4) is 11.4 Å². The van der Waals surface area contributed by atoms with Crippen LogP contribution >= 0.6 is 11.6 Å². The first-order chi connectivity index (χ1) is 16.3. The molecule has 1 aliphatic heterocycles. The van der Waals surface area contributed by atoms with Crippen LogP contribution in [0.25, 0.3) is 5.69 Å². The van der Waals surface area contributed by atoms with Crippen molar-refractivity contribution in [2.24, 2.45) is 0 Å². The second kappa shape index (κ2) is 10.7. The standard InChI is InChI=1S/C24H33ClN4O4S/c1-3-7-18(2)34(31,32)28-14-12-27(13-15-28)22-17-26-29(20-9-6-8-19(25)16-20)24(30)23(22)33-21-10-4-5-11-21/h6,8-9,16-18,21H,3-5,7,10-15H2,1-2H3. The maximum Gasteiger partial charge on any atom is 0.316 e. The molecular formula is C24H33ClN4O4S. The molecule has 0 radical (unpaired) electrons. The molecule has 34 heavy (non-hydrogen) atoms. The molecule has 10 heteroatoms. The van der Waals surface area contributed by atoms with Crippen molar-refractivity contribution in [2.45, 2.75) is 63.7 Å². The first-order valence-electron chi connectivity index (χ1n) is 12.1. The van der Waals surface area contributed by atoms with Gasteiger partial charge in [0.25, 0.3) is 0 Å². The van der Waals surface area contributed by atoms with E-state index in [2.05, 4.69) is 5.10 Å². The van der Waals surface area contributed by atoms with Gasteiger partial charge in [0, 0.05) is 31.2 Å². The minimum atomic E-state index is -3.33. The van der Waals surface area contributed by atoms with Crippen molar-refractivity contribution in [1.29, 1.82) is 0 Å². The van der Waals surface area contributed by atoms with Crippen LogP contribution < -0.4 is 15.2 Å². The SMILES string of the molecule is CCCC(C)S(=O)(=O)N1CCN(c2cnn(-c3cccc(Cl)c3)c(=O)c2OC2CCCC2)CC1. The van der Waals surface area contributed by atoms with Gasteiger partial charge in [-0.15, -0.1) is 0 Å². The maximum atomic E-state index is 13.5. The Balaban J connectivity index is 1.61. The zero-order valence-corrected chi connectivity index (χ0v) is 21.4. The van der Waals surface area contributed by atoms with Crippen LogP contribution in [-0.2, 0) is 10.0 Å². The molecule has 1 saturated carbocycles. The van der Waals surface area contributed by atoms with Gasteiger partial charge in [0.2, 0.25) is 15.8 Å². The number of hydrogen-bond acceptors (Lipinski definition) is 6. The zero-order chi connectivity index (χ0) is 24.3. The molecule has 1 aromatic carbocycles. The van der Waals surface area contributed by atoms with E-state index in [-0.39, 0.29) is 17.4 Å². The molecule has 1 aromatic heterocycles. The molecule has 0 N–H and O–H groups in total. The van der Waals surface area contributed by atoms with Crippen LogP contribution in [0.2, 0.25) is 5.02 Å². The Kier molecular flexibility index (Phi) is 7.84. The first kappa shape index (κ1) is 25.0. The molecule has 2 heterocycles. The number of nitrogens with zero attached hydrogens (tertiary/aromatic N) is 4. The van der Waals surface area contributed by atoms with Gasteiger partial charge in [-0.2, -0.15) is 14.1 Å². The van der Waals surface area contributed by atoms with Gasteiger partial charge in [-0.1, -0.05) is 31.0 Å². The number of rotatable bonds is 8. The van der Waals surface area contributed by atoms with Gasteiger partial charge >= 0.3 is 5.56 Å². The Morgan fingerprint density at radius 2 is 1.88 bits per heavy atom. The third kappa shape index (κ3) is 5.26. The van der Waals surface area contributed by atoms with E-state index in [9.17, 15) is 13.2 Å². The van der Waals surface area contributed by atoms with E-state index in [0.717, 1.165) is 32.1 Å². The summed E-state index contributed by atoms with van der Waals surface area (Å²) in [6.07, 6.45) is 7.12. The Labute approximate surface area is 206 Å². The van der Waals surface area contributed by atoms with Crippen molar-refractivity contribution < 1.29 is 13.2 Å². The number of anilines is 1. The van der Waals surface area contributed by atoms with Crippen LogP contribution in [0.3, 0.4) is 0 Å². The van der Waals surface area contributed by atoms with Crippen molar-refractivity contribution in [3.63, 3.8) is 0 Å². The first-order valence-corrected chi connectivity index (χ1v) is 14.0. The van der Waals surface area contributed by atoms with Crippen LogP contribution in [0.15, 0.2) is 35.3 Å². The molecule has 1 atom stereocenters. The van der Waals surface area contributed by atoms with Gasteiger partial charge in [0.05, 0.1) is 23.2 Å². The van der Waals surface area contributed by atoms with E-state index in [1.807, 2.05) is 11.8 Å². The summed E-state index contributed by atoms with van der Waals surface area (Å²) in [5.41, 5.74) is 0.855. The minimum Gasteiger partial charge on any atom is -0.483 e. The van der Waals surface area contributed by atoms with Gasteiger partial charge < -0.3 is 9.64 Å². The molecule has 0 spiro atoms. The Morgan fingerprint density at radius 3 is 2.53 bits per heavy atom. The van der Waals surface area contributed by atoms with Crippen LogP contribution in [0, 0.1) is 0 Å². The average Bonchev–Trinajstić information content (AvgIpc) is 3.34.